The zero-order valence-corrected chi connectivity index (χ0v) is 15.3. The van der Waals surface area contributed by atoms with Crippen molar-refractivity contribution in [2.75, 3.05) is 14.2 Å². The highest BCUT2D eigenvalue weighted by atomic mass is 16.5. The summed E-state index contributed by atoms with van der Waals surface area (Å²) >= 11 is 0. The van der Waals surface area contributed by atoms with Gasteiger partial charge >= 0.3 is 0 Å². The zero-order valence-electron chi connectivity index (χ0n) is 15.3. The Balaban J connectivity index is 1.88. The molecule has 0 aliphatic heterocycles. The number of nitrogens with zero attached hydrogens (tertiary/aromatic N) is 3. The van der Waals surface area contributed by atoms with Gasteiger partial charge in [-0.25, -0.2) is 0 Å². The van der Waals surface area contributed by atoms with Gasteiger partial charge in [-0.05, 0) is 37.3 Å². The SMILES string of the molecule is COc1ccc(OC)c(C(C)NC(=O)c2cnn(C)c2-n2cccc2)c1. The molecule has 0 radical (unpaired) electrons. The monoisotopic (exact) mass is 354 g/mol. The Bertz CT molecular complexity index is 900. The highest BCUT2D eigenvalue weighted by molar-refractivity contribution is 5.97. The number of rotatable bonds is 6. The molecule has 0 fully saturated rings. The Kier molecular flexibility index (Phi) is 4.97. The minimum Gasteiger partial charge on any atom is -0.497 e. The van der Waals surface area contributed by atoms with E-state index in [0.29, 0.717) is 22.9 Å². The predicted octanol–water partition coefficient (Wildman–Crippen LogP) is 2.72. The summed E-state index contributed by atoms with van der Waals surface area (Å²) in [6.07, 6.45) is 5.32. The third-order valence-corrected chi connectivity index (χ3v) is 4.25. The normalized spacial score (nSPS) is 11.8. The highest BCUT2D eigenvalue weighted by Crippen LogP contribution is 2.29. The number of amides is 1. The van der Waals surface area contributed by atoms with E-state index in [1.807, 2.05) is 54.2 Å². The molecule has 7 nitrogen and oxygen atoms in total. The van der Waals surface area contributed by atoms with Crippen molar-refractivity contribution in [2.24, 2.45) is 7.05 Å². The van der Waals surface area contributed by atoms with Crippen molar-refractivity contribution < 1.29 is 14.3 Å². The van der Waals surface area contributed by atoms with Crippen molar-refractivity contribution in [1.29, 1.82) is 0 Å². The first-order valence-corrected chi connectivity index (χ1v) is 8.23. The molecular formula is C19H22N4O3. The molecule has 2 heterocycles. The van der Waals surface area contributed by atoms with Gasteiger partial charge in [0.15, 0.2) is 0 Å². The summed E-state index contributed by atoms with van der Waals surface area (Å²) in [5.74, 6) is 1.89. The van der Waals surface area contributed by atoms with Crippen LogP contribution in [-0.4, -0.2) is 34.5 Å². The molecule has 3 aromatic rings. The van der Waals surface area contributed by atoms with Crippen molar-refractivity contribution in [2.45, 2.75) is 13.0 Å². The van der Waals surface area contributed by atoms with E-state index in [9.17, 15) is 4.79 Å². The maximum Gasteiger partial charge on any atom is 0.257 e. The summed E-state index contributed by atoms with van der Waals surface area (Å²) in [6.45, 7) is 1.90. The van der Waals surface area contributed by atoms with Crippen LogP contribution in [0.2, 0.25) is 0 Å². The molecule has 0 saturated carbocycles. The Morgan fingerprint density at radius 3 is 2.58 bits per heavy atom. The fourth-order valence-corrected chi connectivity index (χ4v) is 2.90. The Hall–Kier alpha value is -3.22. The molecule has 1 amide bonds. The number of benzene rings is 1. The third kappa shape index (κ3) is 3.28. The molecule has 3 rings (SSSR count). The van der Waals surface area contributed by atoms with Gasteiger partial charge in [0, 0.05) is 25.0 Å². The van der Waals surface area contributed by atoms with Gasteiger partial charge in [0.05, 0.1) is 26.5 Å². The van der Waals surface area contributed by atoms with E-state index >= 15 is 0 Å². The van der Waals surface area contributed by atoms with Crippen LogP contribution in [0.15, 0.2) is 48.9 Å². The highest BCUT2D eigenvalue weighted by Gasteiger charge is 2.21. The Morgan fingerprint density at radius 2 is 1.92 bits per heavy atom. The van der Waals surface area contributed by atoms with Crippen LogP contribution in [0.25, 0.3) is 5.82 Å². The van der Waals surface area contributed by atoms with Crippen molar-refractivity contribution in [1.82, 2.24) is 19.7 Å². The fraction of sp³-hybridized carbons (Fsp3) is 0.263. The standard InChI is InChI=1S/C19H22N4O3/c1-13(15-11-14(25-3)7-8-17(15)26-4)21-18(24)16-12-20-22(2)19(16)23-9-5-6-10-23/h5-13H,1-4H3,(H,21,24). The Morgan fingerprint density at radius 1 is 1.19 bits per heavy atom. The first-order chi connectivity index (χ1) is 12.5. The van der Waals surface area contributed by atoms with Gasteiger partial charge in [-0.15, -0.1) is 0 Å². The number of aromatic nitrogens is 3. The molecule has 0 spiro atoms. The van der Waals surface area contributed by atoms with Crippen LogP contribution in [-0.2, 0) is 7.05 Å². The summed E-state index contributed by atoms with van der Waals surface area (Å²) < 4.78 is 14.2. The van der Waals surface area contributed by atoms with Crippen LogP contribution >= 0.6 is 0 Å². The second-order valence-electron chi connectivity index (χ2n) is 5.90. The molecule has 0 bridgehead atoms. The topological polar surface area (TPSA) is 70.3 Å². The maximum atomic E-state index is 12.9. The van der Waals surface area contributed by atoms with Crippen LogP contribution in [0, 0.1) is 0 Å². The summed E-state index contributed by atoms with van der Waals surface area (Å²) in [6, 6.07) is 9.04. The van der Waals surface area contributed by atoms with Crippen LogP contribution in [0.5, 0.6) is 11.5 Å². The largest absolute Gasteiger partial charge is 0.497 e. The molecule has 2 aromatic heterocycles. The number of hydrogen-bond donors (Lipinski definition) is 1. The van der Waals surface area contributed by atoms with Gasteiger partial charge < -0.3 is 19.4 Å². The molecule has 1 atom stereocenters. The lowest BCUT2D eigenvalue weighted by Gasteiger charge is -2.18. The second kappa shape index (κ2) is 7.35. The first kappa shape index (κ1) is 17.6. The predicted molar refractivity (Wildman–Crippen MR) is 98.0 cm³/mol. The van der Waals surface area contributed by atoms with Crippen LogP contribution in [0.1, 0.15) is 28.9 Å². The molecule has 1 N–H and O–H groups in total. The molecule has 1 unspecified atom stereocenters. The van der Waals surface area contributed by atoms with Crippen molar-refractivity contribution >= 4 is 5.91 Å². The molecule has 7 heteroatoms. The van der Waals surface area contributed by atoms with Gasteiger partial charge in [0.2, 0.25) is 0 Å². The van der Waals surface area contributed by atoms with Crippen molar-refractivity contribution in [3.05, 3.63) is 60.0 Å². The molecule has 26 heavy (non-hydrogen) atoms. The maximum absolute atomic E-state index is 12.9. The number of hydrogen-bond acceptors (Lipinski definition) is 4. The minimum absolute atomic E-state index is 0.209. The van der Waals surface area contributed by atoms with E-state index in [4.69, 9.17) is 9.47 Å². The summed E-state index contributed by atoms with van der Waals surface area (Å²) in [4.78, 5) is 12.9. The average Bonchev–Trinajstić information content (AvgIpc) is 3.30. The number of ether oxygens (including phenoxy) is 2. The zero-order chi connectivity index (χ0) is 18.7. The molecule has 0 aliphatic rings. The number of methoxy groups -OCH3 is 2. The molecule has 0 saturated heterocycles. The van der Waals surface area contributed by atoms with E-state index in [2.05, 4.69) is 10.4 Å². The lowest BCUT2D eigenvalue weighted by Crippen LogP contribution is -2.27. The van der Waals surface area contributed by atoms with Crippen LogP contribution < -0.4 is 14.8 Å². The van der Waals surface area contributed by atoms with Gasteiger partial charge in [0.1, 0.15) is 22.9 Å². The Labute approximate surface area is 152 Å². The van der Waals surface area contributed by atoms with E-state index in [0.717, 1.165) is 5.56 Å². The van der Waals surface area contributed by atoms with E-state index in [-0.39, 0.29) is 11.9 Å². The van der Waals surface area contributed by atoms with Crippen molar-refractivity contribution in [3.63, 3.8) is 0 Å². The lowest BCUT2D eigenvalue weighted by molar-refractivity contribution is 0.0939. The van der Waals surface area contributed by atoms with Gasteiger partial charge in [0.25, 0.3) is 5.91 Å². The number of carbonyl (C=O) groups excluding carboxylic acids is 1. The third-order valence-electron chi connectivity index (χ3n) is 4.25. The van der Waals surface area contributed by atoms with E-state index in [1.54, 1.807) is 32.1 Å². The van der Waals surface area contributed by atoms with E-state index in [1.165, 1.54) is 0 Å². The number of nitrogens with one attached hydrogen (secondary N) is 1. The molecule has 0 aliphatic carbocycles. The lowest BCUT2D eigenvalue weighted by atomic mass is 10.1. The quantitative estimate of drug-likeness (QED) is 0.739. The van der Waals surface area contributed by atoms with Crippen LogP contribution in [0.3, 0.4) is 0 Å². The molecule has 1 aromatic carbocycles. The molecular weight excluding hydrogens is 332 g/mol. The summed E-state index contributed by atoms with van der Waals surface area (Å²) in [7, 11) is 5.01. The van der Waals surface area contributed by atoms with Crippen LogP contribution in [0.4, 0.5) is 0 Å². The fourth-order valence-electron chi connectivity index (χ4n) is 2.90. The van der Waals surface area contributed by atoms with Crippen molar-refractivity contribution in [3.8, 4) is 17.3 Å². The summed E-state index contributed by atoms with van der Waals surface area (Å²) in [5.41, 5.74) is 1.34. The smallest absolute Gasteiger partial charge is 0.257 e. The second-order valence-corrected chi connectivity index (χ2v) is 5.90. The van der Waals surface area contributed by atoms with Gasteiger partial charge in [-0.1, -0.05) is 0 Å². The van der Waals surface area contributed by atoms with E-state index < -0.39 is 0 Å². The number of carbonyl (C=O) groups is 1. The van der Waals surface area contributed by atoms with Gasteiger partial charge in [-0.2, -0.15) is 5.10 Å². The van der Waals surface area contributed by atoms with Gasteiger partial charge in [-0.3, -0.25) is 9.48 Å². The first-order valence-electron chi connectivity index (χ1n) is 8.23. The summed E-state index contributed by atoms with van der Waals surface area (Å²) in [5, 5.41) is 7.24. The minimum atomic E-state index is -0.273. The number of aryl methyl sites for hydroxylation is 1. The average molecular weight is 354 g/mol. The molecule has 136 valence electrons.